The van der Waals surface area contributed by atoms with Crippen LogP contribution in [-0.2, 0) is 4.79 Å². The van der Waals surface area contributed by atoms with E-state index in [4.69, 9.17) is 51.1 Å². The predicted molar refractivity (Wildman–Crippen MR) is 113 cm³/mol. The molecule has 2 aromatic rings. The predicted octanol–water partition coefficient (Wildman–Crippen LogP) is 5.32. The summed E-state index contributed by atoms with van der Waals surface area (Å²) in [6.07, 6.45) is 0.344. The molecular formula is C19H14Cl4N2O4. The molecule has 10 heteroatoms. The van der Waals surface area contributed by atoms with Gasteiger partial charge in [0.1, 0.15) is 5.75 Å². The van der Waals surface area contributed by atoms with Crippen LogP contribution >= 0.6 is 46.4 Å². The van der Waals surface area contributed by atoms with Crippen LogP contribution in [0.5, 0.6) is 5.75 Å². The van der Waals surface area contributed by atoms with Crippen LogP contribution in [0.3, 0.4) is 0 Å². The van der Waals surface area contributed by atoms with E-state index in [9.17, 15) is 14.4 Å². The maximum absolute atomic E-state index is 12.7. The zero-order valence-corrected chi connectivity index (χ0v) is 18.0. The van der Waals surface area contributed by atoms with Crippen molar-refractivity contribution < 1.29 is 19.1 Å². The fourth-order valence-corrected chi connectivity index (χ4v) is 3.90. The van der Waals surface area contributed by atoms with Crippen molar-refractivity contribution in [3.63, 3.8) is 0 Å². The number of carbonyl (C=O) groups is 3. The van der Waals surface area contributed by atoms with E-state index in [0.29, 0.717) is 17.9 Å². The molecule has 1 aliphatic rings. The van der Waals surface area contributed by atoms with E-state index in [1.54, 1.807) is 24.3 Å². The summed E-state index contributed by atoms with van der Waals surface area (Å²) in [6.45, 7) is 1.68. The minimum absolute atomic E-state index is 0.0482. The number of rotatable bonds is 6. The molecule has 0 atom stereocenters. The van der Waals surface area contributed by atoms with Gasteiger partial charge in [-0.25, -0.2) is 0 Å². The van der Waals surface area contributed by atoms with E-state index in [-0.39, 0.29) is 50.3 Å². The van der Waals surface area contributed by atoms with Crippen LogP contribution in [0.25, 0.3) is 0 Å². The molecule has 0 aromatic heterocycles. The Balaban J connectivity index is 1.68. The number of ether oxygens (including phenoxy) is 1. The third kappa shape index (κ3) is 4.16. The molecule has 0 aliphatic carbocycles. The largest absolute Gasteiger partial charge is 0.491 e. The number of hydrogen-bond acceptors (Lipinski definition) is 4. The summed E-state index contributed by atoms with van der Waals surface area (Å²) in [5, 5.41) is 2.33. The molecule has 0 saturated heterocycles. The number of anilines is 1. The Morgan fingerprint density at radius 1 is 0.966 bits per heavy atom. The van der Waals surface area contributed by atoms with Crippen molar-refractivity contribution in [2.24, 2.45) is 0 Å². The molecule has 2 aromatic carbocycles. The quantitative estimate of drug-likeness (QED) is 0.265. The summed E-state index contributed by atoms with van der Waals surface area (Å²) >= 11 is 24.2. The number of imide groups is 1. The SMILES string of the molecule is CC(=O)Nc1ccccc1OCCCN1C(=O)c2c(Cl)c(Cl)c(Cl)c(Cl)c2C1=O. The molecule has 1 N–H and O–H groups in total. The highest BCUT2D eigenvalue weighted by atomic mass is 35.5. The van der Waals surface area contributed by atoms with Crippen molar-refractivity contribution in [2.45, 2.75) is 13.3 Å². The molecule has 152 valence electrons. The first-order chi connectivity index (χ1) is 13.7. The molecule has 0 radical (unpaired) electrons. The summed E-state index contributed by atoms with van der Waals surface area (Å²) in [6, 6.07) is 6.94. The number of nitrogens with one attached hydrogen (secondary N) is 1. The van der Waals surface area contributed by atoms with Crippen LogP contribution in [0.2, 0.25) is 20.1 Å². The highest BCUT2D eigenvalue weighted by molar-refractivity contribution is 6.55. The van der Waals surface area contributed by atoms with Gasteiger partial charge in [0.05, 0.1) is 43.5 Å². The number of carbonyl (C=O) groups excluding carboxylic acids is 3. The Kier molecular flexibility index (Phi) is 6.58. The number of benzene rings is 2. The van der Waals surface area contributed by atoms with Gasteiger partial charge in [0.25, 0.3) is 11.8 Å². The summed E-state index contributed by atoms with van der Waals surface area (Å²) in [4.78, 5) is 37.6. The minimum atomic E-state index is -0.589. The average molecular weight is 476 g/mol. The Hall–Kier alpha value is -1.99. The summed E-state index contributed by atoms with van der Waals surface area (Å²) in [5.41, 5.74) is 0.435. The van der Waals surface area contributed by atoms with E-state index in [0.717, 1.165) is 4.90 Å². The van der Waals surface area contributed by atoms with Gasteiger partial charge in [0.15, 0.2) is 0 Å². The molecule has 1 heterocycles. The lowest BCUT2D eigenvalue weighted by Gasteiger charge is -2.15. The standard InChI is InChI=1S/C19H14Cl4N2O4/c1-9(26)24-10-5-2-3-6-11(10)29-8-4-7-25-18(27)12-13(19(25)28)15(21)17(23)16(22)14(12)20/h2-3,5-6H,4,7-8H2,1H3,(H,24,26). The van der Waals surface area contributed by atoms with Crippen LogP contribution in [0.15, 0.2) is 24.3 Å². The van der Waals surface area contributed by atoms with Crippen LogP contribution in [0, 0.1) is 0 Å². The lowest BCUT2D eigenvalue weighted by atomic mass is 10.1. The van der Waals surface area contributed by atoms with Crippen LogP contribution in [-0.4, -0.2) is 35.8 Å². The highest BCUT2D eigenvalue weighted by Crippen LogP contribution is 2.44. The van der Waals surface area contributed by atoms with Gasteiger partial charge < -0.3 is 10.1 Å². The van der Waals surface area contributed by atoms with Gasteiger partial charge in [-0.15, -0.1) is 0 Å². The zero-order valence-electron chi connectivity index (χ0n) is 15.0. The molecule has 6 nitrogen and oxygen atoms in total. The third-order valence-electron chi connectivity index (χ3n) is 4.17. The molecule has 29 heavy (non-hydrogen) atoms. The second-order valence-corrected chi connectivity index (χ2v) is 7.66. The van der Waals surface area contributed by atoms with Crippen molar-refractivity contribution in [3.05, 3.63) is 55.5 Å². The maximum atomic E-state index is 12.7. The topological polar surface area (TPSA) is 75.7 Å². The van der Waals surface area contributed by atoms with Gasteiger partial charge in [0.2, 0.25) is 5.91 Å². The Labute approximate surface area is 186 Å². The van der Waals surface area contributed by atoms with Crippen LogP contribution < -0.4 is 10.1 Å². The summed E-state index contributed by atoms with van der Waals surface area (Å²) in [7, 11) is 0. The van der Waals surface area contributed by atoms with Crippen LogP contribution in [0.1, 0.15) is 34.1 Å². The maximum Gasteiger partial charge on any atom is 0.263 e. The molecule has 0 unspecified atom stereocenters. The zero-order chi connectivity index (χ0) is 21.3. The molecule has 0 fully saturated rings. The monoisotopic (exact) mass is 474 g/mol. The number of fused-ring (bicyclic) bond motifs is 1. The van der Waals surface area contributed by atoms with Crippen LogP contribution in [0.4, 0.5) is 5.69 Å². The van der Waals surface area contributed by atoms with Crippen molar-refractivity contribution in [1.29, 1.82) is 0 Å². The van der Waals surface area contributed by atoms with Crippen molar-refractivity contribution in [2.75, 3.05) is 18.5 Å². The lowest BCUT2D eigenvalue weighted by Crippen LogP contribution is -2.31. The average Bonchev–Trinajstić information content (AvgIpc) is 2.93. The normalized spacial score (nSPS) is 12.9. The van der Waals surface area contributed by atoms with E-state index in [2.05, 4.69) is 5.32 Å². The van der Waals surface area contributed by atoms with Crippen molar-refractivity contribution in [1.82, 2.24) is 4.90 Å². The first-order valence-electron chi connectivity index (χ1n) is 8.45. The molecular weight excluding hydrogens is 462 g/mol. The summed E-state index contributed by atoms with van der Waals surface area (Å²) < 4.78 is 5.67. The molecule has 0 spiro atoms. The number of amides is 3. The second-order valence-electron chi connectivity index (χ2n) is 6.15. The van der Waals surface area contributed by atoms with Gasteiger partial charge in [-0.05, 0) is 18.6 Å². The first-order valence-corrected chi connectivity index (χ1v) is 9.96. The fraction of sp³-hybridized carbons (Fsp3) is 0.211. The van der Waals surface area contributed by atoms with Crippen molar-refractivity contribution >= 4 is 69.8 Å². The Morgan fingerprint density at radius 2 is 1.52 bits per heavy atom. The first kappa shape index (κ1) is 21.7. The highest BCUT2D eigenvalue weighted by Gasteiger charge is 2.41. The van der Waals surface area contributed by atoms with Gasteiger partial charge in [-0.2, -0.15) is 0 Å². The molecule has 1 aliphatic heterocycles. The van der Waals surface area contributed by atoms with E-state index in [1.165, 1.54) is 6.92 Å². The number of nitrogens with zero attached hydrogens (tertiary/aromatic N) is 1. The number of halogens is 4. The summed E-state index contributed by atoms with van der Waals surface area (Å²) in [5.74, 6) is -0.920. The van der Waals surface area contributed by atoms with Gasteiger partial charge in [0, 0.05) is 13.5 Å². The lowest BCUT2D eigenvalue weighted by molar-refractivity contribution is -0.114. The van der Waals surface area contributed by atoms with Gasteiger partial charge in [-0.1, -0.05) is 58.5 Å². The van der Waals surface area contributed by atoms with Crippen molar-refractivity contribution in [3.8, 4) is 5.75 Å². The smallest absolute Gasteiger partial charge is 0.263 e. The molecule has 0 saturated carbocycles. The molecule has 3 amide bonds. The Bertz CT molecular complexity index is 979. The third-order valence-corrected chi connectivity index (χ3v) is 5.97. The molecule has 0 bridgehead atoms. The number of para-hydroxylation sites is 2. The molecule has 3 rings (SSSR count). The minimum Gasteiger partial charge on any atom is -0.491 e. The van der Waals surface area contributed by atoms with Gasteiger partial charge in [-0.3, -0.25) is 19.3 Å². The van der Waals surface area contributed by atoms with Gasteiger partial charge >= 0.3 is 0 Å². The van der Waals surface area contributed by atoms with E-state index < -0.39 is 11.8 Å². The fourth-order valence-electron chi connectivity index (χ4n) is 2.89. The Morgan fingerprint density at radius 3 is 2.07 bits per heavy atom. The van der Waals surface area contributed by atoms with E-state index in [1.807, 2.05) is 0 Å². The second kappa shape index (κ2) is 8.79. The van der Waals surface area contributed by atoms with E-state index >= 15 is 0 Å². The number of hydrogen-bond donors (Lipinski definition) is 1.